The van der Waals surface area contributed by atoms with Gasteiger partial charge in [0.05, 0.1) is 17.1 Å². The Balaban J connectivity index is 1.55. The van der Waals surface area contributed by atoms with Gasteiger partial charge in [0.1, 0.15) is 6.54 Å². The van der Waals surface area contributed by atoms with Gasteiger partial charge in [0.25, 0.3) is 5.91 Å². The van der Waals surface area contributed by atoms with Crippen molar-refractivity contribution in [3.05, 3.63) is 82.8 Å². The Bertz CT molecular complexity index is 1020. The molecule has 0 spiro atoms. The van der Waals surface area contributed by atoms with Crippen molar-refractivity contribution in [2.45, 2.75) is 16.7 Å². The van der Waals surface area contributed by atoms with Gasteiger partial charge in [-0.05, 0) is 48.9 Å². The number of carbonyl (C=O) groups is 1. The van der Waals surface area contributed by atoms with Gasteiger partial charge in [-0.15, -0.1) is 0 Å². The summed E-state index contributed by atoms with van der Waals surface area (Å²) < 4.78 is 0.995. The summed E-state index contributed by atoms with van der Waals surface area (Å²) in [5.41, 5.74) is 6.58. The first-order valence-electron chi connectivity index (χ1n) is 8.85. The minimum atomic E-state index is -0.0500. The molecule has 0 bridgehead atoms. The molecule has 0 saturated carbocycles. The van der Waals surface area contributed by atoms with Crippen molar-refractivity contribution in [2.24, 2.45) is 5.10 Å². The average Bonchev–Trinajstić information content (AvgIpc) is 2.71. The summed E-state index contributed by atoms with van der Waals surface area (Å²) in [5.74, 6) is -0.0500. The maximum absolute atomic E-state index is 13.1. The summed E-state index contributed by atoms with van der Waals surface area (Å²) in [6, 6.07) is 23.8. The SMILES string of the molecule is C/C(=N\NCC(=O)N1c2ccccc2Sc2ccccc21)c1cccc(Br)c1. The molecule has 3 aromatic rings. The van der Waals surface area contributed by atoms with Crippen LogP contribution >= 0.6 is 27.7 Å². The number of para-hydroxylation sites is 2. The second-order valence-electron chi connectivity index (χ2n) is 6.31. The second kappa shape index (κ2) is 8.20. The van der Waals surface area contributed by atoms with E-state index < -0.39 is 0 Å². The summed E-state index contributed by atoms with van der Waals surface area (Å²) in [4.78, 5) is 17.0. The fourth-order valence-electron chi connectivity index (χ4n) is 3.06. The Morgan fingerprint density at radius 1 is 1.00 bits per heavy atom. The van der Waals surface area contributed by atoms with Gasteiger partial charge in [-0.25, -0.2) is 0 Å². The lowest BCUT2D eigenvalue weighted by molar-refractivity contribution is -0.117. The van der Waals surface area contributed by atoms with Crippen molar-refractivity contribution >= 4 is 50.7 Å². The zero-order valence-electron chi connectivity index (χ0n) is 15.2. The quantitative estimate of drug-likeness (QED) is 0.415. The molecular formula is C22H18BrN3OS. The molecule has 0 unspecified atom stereocenters. The van der Waals surface area contributed by atoms with Gasteiger partial charge in [-0.1, -0.05) is 64.1 Å². The number of carbonyl (C=O) groups excluding carboxylic acids is 1. The molecule has 0 fully saturated rings. The molecule has 0 aromatic heterocycles. The maximum Gasteiger partial charge on any atom is 0.252 e. The number of hydrogen-bond donors (Lipinski definition) is 1. The number of nitrogens with one attached hydrogen (secondary N) is 1. The summed E-state index contributed by atoms with van der Waals surface area (Å²) in [6.45, 7) is 2.03. The fourth-order valence-corrected chi connectivity index (χ4v) is 4.51. The molecule has 4 rings (SSSR count). The molecule has 3 aromatic carbocycles. The number of nitrogens with zero attached hydrogens (tertiary/aromatic N) is 2. The number of anilines is 2. The van der Waals surface area contributed by atoms with E-state index in [0.717, 1.165) is 36.9 Å². The number of halogens is 1. The zero-order chi connectivity index (χ0) is 19.5. The number of hydrogen-bond acceptors (Lipinski definition) is 4. The number of benzene rings is 3. The van der Waals surface area contributed by atoms with Gasteiger partial charge in [0, 0.05) is 14.3 Å². The van der Waals surface area contributed by atoms with Gasteiger partial charge >= 0.3 is 0 Å². The predicted molar refractivity (Wildman–Crippen MR) is 119 cm³/mol. The molecule has 6 heteroatoms. The number of rotatable bonds is 4. The van der Waals surface area contributed by atoms with E-state index in [1.54, 1.807) is 16.7 Å². The molecule has 28 heavy (non-hydrogen) atoms. The Labute approximate surface area is 176 Å². The molecule has 1 heterocycles. The Kier molecular flexibility index (Phi) is 5.50. The lowest BCUT2D eigenvalue weighted by Gasteiger charge is -2.30. The van der Waals surface area contributed by atoms with E-state index in [9.17, 15) is 4.79 Å². The molecule has 0 aliphatic carbocycles. The van der Waals surface area contributed by atoms with Gasteiger partial charge in [-0.3, -0.25) is 9.69 Å². The van der Waals surface area contributed by atoms with Crippen molar-refractivity contribution in [3.63, 3.8) is 0 Å². The van der Waals surface area contributed by atoms with Crippen molar-refractivity contribution in [2.75, 3.05) is 11.4 Å². The lowest BCUT2D eigenvalue weighted by atomic mass is 10.1. The third-order valence-corrected chi connectivity index (χ3v) is 6.02. The van der Waals surface area contributed by atoms with E-state index in [0.29, 0.717) is 0 Å². The average molecular weight is 452 g/mol. The molecule has 0 saturated heterocycles. The fraction of sp³-hybridized carbons (Fsp3) is 0.0909. The third kappa shape index (κ3) is 3.84. The highest BCUT2D eigenvalue weighted by atomic mass is 79.9. The first kappa shape index (κ1) is 18.8. The van der Waals surface area contributed by atoms with Crippen molar-refractivity contribution in [1.82, 2.24) is 5.43 Å². The standard InChI is InChI=1S/C22H18BrN3OS/c1-15(16-7-6-8-17(23)13-16)25-24-14-22(27)26-18-9-2-4-11-20(18)28-21-12-5-3-10-19(21)26/h2-13,24H,14H2,1H3/b25-15+. The number of hydrazone groups is 1. The Morgan fingerprint density at radius 3 is 2.29 bits per heavy atom. The van der Waals surface area contributed by atoms with Gasteiger partial charge in [-0.2, -0.15) is 5.10 Å². The van der Waals surface area contributed by atoms with E-state index in [-0.39, 0.29) is 12.5 Å². The topological polar surface area (TPSA) is 44.7 Å². The normalized spacial score (nSPS) is 12.9. The molecule has 0 atom stereocenters. The van der Waals surface area contributed by atoms with Gasteiger partial charge < -0.3 is 5.43 Å². The summed E-state index contributed by atoms with van der Waals surface area (Å²) in [7, 11) is 0. The van der Waals surface area contributed by atoms with E-state index >= 15 is 0 Å². The zero-order valence-corrected chi connectivity index (χ0v) is 17.6. The summed E-state index contributed by atoms with van der Waals surface area (Å²) in [6.07, 6.45) is 0. The van der Waals surface area contributed by atoms with Crippen molar-refractivity contribution < 1.29 is 4.79 Å². The molecule has 1 amide bonds. The Morgan fingerprint density at radius 2 is 1.64 bits per heavy atom. The molecule has 4 nitrogen and oxygen atoms in total. The maximum atomic E-state index is 13.1. The molecule has 0 radical (unpaired) electrons. The van der Waals surface area contributed by atoms with Crippen LogP contribution in [0.5, 0.6) is 0 Å². The van der Waals surface area contributed by atoms with Crippen molar-refractivity contribution in [3.8, 4) is 0 Å². The van der Waals surface area contributed by atoms with Crippen LogP contribution in [0.2, 0.25) is 0 Å². The number of fused-ring (bicyclic) bond motifs is 2. The van der Waals surface area contributed by atoms with E-state index in [2.05, 4.69) is 26.5 Å². The molecule has 140 valence electrons. The highest BCUT2D eigenvalue weighted by Gasteiger charge is 2.27. The van der Waals surface area contributed by atoms with Crippen LogP contribution in [0.25, 0.3) is 0 Å². The molecule has 1 N–H and O–H groups in total. The first-order valence-corrected chi connectivity index (χ1v) is 10.5. The van der Waals surface area contributed by atoms with E-state index in [4.69, 9.17) is 0 Å². The van der Waals surface area contributed by atoms with E-state index in [1.807, 2.05) is 79.7 Å². The van der Waals surface area contributed by atoms with Crippen LogP contribution in [0, 0.1) is 0 Å². The molecular weight excluding hydrogens is 434 g/mol. The minimum absolute atomic E-state index is 0.0500. The van der Waals surface area contributed by atoms with Crippen LogP contribution < -0.4 is 10.3 Å². The summed E-state index contributed by atoms with van der Waals surface area (Å²) >= 11 is 5.15. The highest BCUT2D eigenvalue weighted by Crippen LogP contribution is 2.47. The van der Waals surface area contributed by atoms with Crippen LogP contribution in [-0.4, -0.2) is 18.2 Å². The predicted octanol–water partition coefficient (Wildman–Crippen LogP) is 5.59. The van der Waals surface area contributed by atoms with Crippen LogP contribution in [0.4, 0.5) is 11.4 Å². The monoisotopic (exact) mass is 451 g/mol. The highest BCUT2D eigenvalue weighted by molar-refractivity contribution is 9.10. The molecule has 1 aliphatic heterocycles. The van der Waals surface area contributed by atoms with E-state index in [1.165, 1.54) is 0 Å². The van der Waals surface area contributed by atoms with Gasteiger partial charge in [0.2, 0.25) is 0 Å². The lowest BCUT2D eigenvalue weighted by Crippen LogP contribution is -2.35. The van der Waals surface area contributed by atoms with Crippen LogP contribution in [0.1, 0.15) is 12.5 Å². The minimum Gasteiger partial charge on any atom is -0.300 e. The number of amides is 1. The summed E-state index contributed by atoms with van der Waals surface area (Å²) in [5, 5.41) is 4.38. The third-order valence-electron chi connectivity index (χ3n) is 4.40. The smallest absolute Gasteiger partial charge is 0.252 e. The largest absolute Gasteiger partial charge is 0.300 e. The first-order chi connectivity index (χ1) is 13.6. The molecule has 1 aliphatic rings. The Hall–Kier alpha value is -2.57. The van der Waals surface area contributed by atoms with Crippen LogP contribution in [0.15, 0.2) is 92.2 Å². The van der Waals surface area contributed by atoms with Crippen LogP contribution in [-0.2, 0) is 4.79 Å². The second-order valence-corrected chi connectivity index (χ2v) is 8.31. The van der Waals surface area contributed by atoms with Crippen LogP contribution in [0.3, 0.4) is 0 Å². The van der Waals surface area contributed by atoms with Gasteiger partial charge in [0.15, 0.2) is 0 Å². The van der Waals surface area contributed by atoms with Crippen molar-refractivity contribution in [1.29, 1.82) is 0 Å².